The third-order valence-electron chi connectivity index (χ3n) is 1.88. The Bertz CT molecular complexity index is 392. The van der Waals surface area contributed by atoms with Crippen LogP contribution in [-0.4, -0.2) is 44.3 Å². The molecule has 88 valence electrons. The Morgan fingerprint density at radius 1 is 1.56 bits per heavy atom. The lowest BCUT2D eigenvalue weighted by atomic mass is 10.2. The first-order chi connectivity index (χ1) is 7.60. The molecule has 8 heteroatoms. The number of hydrogen-bond acceptors (Lipinski definition) is 6. The van der Waals surface area contributed by atoms with E-state index in [1.807, 2.05) is 6.92 Å². The molecule has 1 aromatic heterocycles. The second kappa shape index (κ2) is 5.52. The average Bonchev–Trinajstić information content (AvgIpc) is 2.72. The molecule has 7 nitrogen and oxygen atoms in total. The molecule has 0 fully saturated rings. The number of carbonyl (C=O) groups excluding carboxylic acids is 1. The van der Waals surface area contributed by atoms with Crippen LogP contribution in [0.1, 0.15) is 22.3 Å². The molecule has 3 N–H and O–H groups in total. The Hall–Kier alpha value is -1.54. The van der Waals surface area contributed by atoms with Crippen molar-refractivity contribution in [1.82, 2.24) is 14.9 Å². The van der Waals surface area contributed by atoms with E-state index in [2.05, 4.69) is 14.9 Å². The Labute approximate surface area is 95.3 Å². The van der Waals surface area contributed by atoms with Crippen LogP contribution in [0.5, 0.6) is 0 Å². The van der Waals surface area contributed by atoms with Crippen LogP contribution >= 0.6 is 11.5 Å². The van der Waals surface area contributed by atoms with Gasteiger partial charge < -0.3 is 15.5 Å². The van der Waals surface area contributed by atoms with Gasteiger partial charge in [0.15, 0.2) is 6.04 Å². The van der Waals surface area contributed by atoms with Crippen molar-refractivity contribution >= 4 is 23.4 Å². The third-order valence-corrected chi connectivity index (χ3v) is 2.65. The zero-order valence-corrected chi connectivity index (χ0v) is 9.32. The number of rotatable bonds is 5. The number of carboxylic acid groups (broad SMARTS) is 1. The molecule has 0 bridgehead atoms. The van der Waals surface area contributed by atoms with Crippen LogP contribution in [0.25, 0.3) is 0 Å². The summed E-state index contributed by atoms with van der Waals surface area (Å²) in [5, 5.41) is 23.3. The fourth-order valence-electron chi connectivity index (χ4n) is 1.02. The van der Waals surface area contributed by atoms with Crippen LogP contribution in [0, 0.1) is 0 Å². The van der Waals surface area contributed by atoms with E-state index in [0.717, 1.165) is 11.5 Å². The average molecular weight is 245 g/mol. The molecule has 0 aliphatic heterocycles. The number of carboxylic acids is 1. The number of aliphatic hydroxyl groups excluding tert-OH is 1. The third kappa shape index (κ3) is 2.74. The highest BCUT2D eigenvalue weighted by Gasteiger charge is 2.22. The number of aliphatic hydroxyl groups is 1. The van der Waals surface area contributed by atoms with Gasteiger partial charge in [-0.1, -0.05) is 11.4 Å². The van der Waals surface area contributed by atoms with Crippen LogP contribution in [0.2, 0.25) is 0 Å². The highest BCUT2D eigenvalue weighted by atomic mass is 32.1. The topological polar surface area (TPSA) is 112 Å². The van der Waals surface area contributed by atoms with Gasteiger partial charge in [-0.2, -0.15) is 0 Å². The van der Waals surface area contributed by atoms with Crippen molar-refractivity contribution in [1.29, 1.82) is 0 Å². The minimum absolute atomic E-state index is 0.280. The number of aliphatic carboxylic acids is 1. The quantitative estimate of drug-likeness (QED) is 0.630. The Balaban J connectivity index is 2.75. The lowest BCUT2D eigenvalue weighted by Crippen LogP contribution is -2.43. The molecule has 1 rings (SSSR count). The van der Waals surface area contributed by atoms with Crippen LogP contribution in [0.15, 0.2) is 0 Å². The molecular weight excluding hydrogens is 234 g/mol. The maximum absolute atomic E-state index is 11.6. The number of nitrogens with one attached hydrogen (secondary N) is 1. The minimum atomic E-state index is -1.31. The number of aromatic nitrogens is 2. The molecule has 1 amide bonds. The highest BCUT2D eigenvalue weighted by molar-refractivity contribution is 7.08. The molecule has 0 radical (unpaired) electrons. The van der Waals surface area contributed by atoms with Crippen LogP contribution < -0.4 is 5.32 Å². The van der Waals surface area contributed by atoms with E-state index in [1.54, 1.807) is 0 Å². The molecule has 0 aliphatic rings. The summed E-state index contributed by atoms with van der Waals surface area (Å²) in [5.41, 5.74) is 0.518. The van der Waals surface area contributed by atoms with Crippen LogP contribution in [0.3, 0.4) is 0 Å². The Kier molecular flexibility index (Phi) is 4.32. The second-order valence-corrected chi connectivity index (χ2v) is 3.70. The Morgan fingerprint density at radius 3 is 2.75 bits per heavy atom. The van der Waals surface area contributed by atoms with Gasteiger partial charge in [-0.05, 0) is 18.0 Å². The van der Waals surface area contributed by atoms with E-state index in [9.17, 15) is 9.59 Å². The van der Waals surface area contributed by atoms with E-state index in [-0.39, 0.29) is 4.88 Å². The van der Waals surface area contributed by atoms with Gasteiger partial charge in [-0.15, -0.1) is 5.10 Å². The van der Waals surface area contributed by atoms with Gasteiger partial charge in [0.2, 0.25) is 0 Å². The fraction of sp³-hybridized carbons (Fsp3) is 0.500. The SMILES string of the molecule is CCc1nnsc1C(=O)N[C@H](CO)C(=O)O. The first-order valence-electron chi connectivity index (χ1n) is 4.55. The number of carbonyl (C=O) groups is 2. The maximum atomic E-state index is 11.6. The van der Waals surface area contributed by atoms with Crippen molar-refractivity contribution in [2.75, 3.05) is 6.61 Å². The van der Waals surface area contributed by atoms with E-state index in [1.165, 1.54) is 0 Å². The first kappa shape index (κ1) is 12.5. The monoisotopic (exact) mass is 245 g/mol. The molecule has 0 unspecified atom stereocenters. The minimum Gasteiger partial charge on any atom is -0.480 e. The number of aryl methyl sites for hydroxylation is 1. The summed E-state index contributed by atoms with van der Waals surface area (Å²) in [6.07, 6.45) is 0.538. The van der Waals surface area contributed by atoms with E-state index >= 15 is 0 Å². The normalized spacial score (nSPS) is 12.1. The van der Waals surface area contributed by atoms with E-state index in [4.69, 9.17) is 10.2 Å². The van der Waals surface area contributed by atoms with E-state index < -0.39 is 24.5 Å². The summed E-state index contributed by atoms with van der Waals surface area (Å²) in [4.78, 5) is 22.5. The molecular formula is C8H11N3O4S. The maximum Gasteiger partial charge on any atom is 0.328 e. The van der Waals surface area contributed by atoms with Crippen molar-refractivity contribution in [3.63, 3.8) is 0 Å². The van der Waals surface area contributed by atoms with E-state index in [0.29, 0.717) is 12.1 Å². The second-order valence-electron chi connectivity index (χ2n) is 2.95. The van der Waals surface area contributed by atoms with Crippen molar-refractivity contribution in [2.24, 2.45) is 0 Å². The summed E-state index contributed by atoms with van der Waals surface area (Å²) in [6.45, 7) is 1.16. The predicted molar refractivity (Wildman–Crippen MR) is 55.3 cm³/mol. The highest BCUT2D eigenvalue weighted by Crippen LogP contribution is 2.10. The molecule has 16 heavy (non-hydrogen) atoms. The van der Waals surface area contributed by atoms with Gasteiger partial charge in [0.05, 0.1) is 12.3 Å². The summed E-state index contributed by atoms with van der Waals surface area (Å²) < 4.78 is 3.61. The molecule has 1 aromatic rings. The van der Waals surface area contributed by atoms with Gasteiger partial charge in [-0.3, -0.25) is 4.79 Å². The molecule has 1 heterocycles. The largest absolute Gasteiger partial charge is 0.480 e. The van der Waals surface area contributed by atoms with Crippen molar-refractivity contribution in [2.45, 2.75) is 19.4 Å². The van der Waals surface area contributed by atoms with Crippen molar-refractivity contribution in [3.8, 4) is 0 Å². The van der Waals surface area contributed by atoms with Gasteiger partial charge in [0.1, 0.15) is 4.88 Å². The summed E-state index contributed by atoms with van der Waals surface area (Å²) in [7, 11) is 0. The zero-order chi connectivity index (χ0) is 12.1. The van der Waals surface area contributed by atoms with Crippen LogP contribution in [0.4, 0.5) is 0 Å². The predicted octanol–water partition coefficient (Wildman–Crippen LogP) is -0.724. The standard InChI is InChI=1S/C8H11N3O4S/c1-2-4-6(16-11-10-4)7(13)9-5(3-12)8(14)15/h5,12H,2-3H2,1H3,(H,9,13)(H,14,15)/t5-/m1/s1. The van der Waals surface area contributed by atoms with Gasteiger partial charge >= 0.3 is 5.97 Å². The van der Waals surface area contributed by atoms with Gasteiger partial charge in [-0.25, -0.2) is 4.79 Å². The molecule has 0 aliphatic carbocycles. The number of hydrogen-bond donors (Lipinski definition) is 3. The molecule has 0 saturated carbocycles. The summed E-state index contributed by atoms with van der Waals surface area (Å²) in [6, 6.07) is -1.31. The van der Waals surface area contributed by atoms with Crippen molar-refractivity contribution < 1.29 is 19.8 Å². The Morgan fingerprint density at radius 2 is 2.25 bits per heavy atom. The van der Waals surface area contributed by atoms with Crippen molar-refractivity contribution in [3.05, 3.63) is 10.6 Å². The molecule has 1 atom stereocenters. The lowest BCUT2D eigenvalue weighted by Gasteiger charge is -2.10. The van der Waals surface area contributed by atoms with Gasteiger partial charge in [0, 0.05) is 0 Å². The fourth-order valence-corrected chi connectivity index (χ4v) is 1.68. The zero-order valence-electron chi connectivity index (χ0n) is 8.51. The smallest absolute Gasteiger partial charge is 0.328 e. The molecule has 0 spiro atoms. The molecule has 0 saturated heterocycles. The lowest BCUT2D eigenvalue weighted by molar-refractivity contribution is -0.140. The summed E-state index contributed by atoms with van der Waals surface area (Å²) in [5.74, 6) is -1.86. The summed E-state index contributed by atoms with van der Waals surface area (Å²) >= 11 is 0.899. The number of amides is 1. The first-order valence-corrected chi connectivity index (χ1v) is 5.33. The number of nitrogens with zero attached hydrogens (tertiary/aromatic N) is 2. The molecule has 0 aromatic carbocycles. The van der Waals surface area contributed by atoms with Gasteiger partial charge in [0.25, 0.3) is 5.91 Å². The van der Waals surface area contributed by atoms with Crippen LogP contribution in [-0.2, 0) is 11.2 Å².